The topological polar surface area (TPSA) is 55.8 Å². The summed E-state index contributed by atoms with van der Waals surface area (Å²) in [4.78, 5) is 24.4. The van der Waals surface area contributed by atoms with Crippen LogP contribution in [0.4, 0.5) is 0 Å². The Balaban J connectivity index is 2.43. The number of carbonyl (C=O) groups is 2. The molecule has 1 rings (SSSR count). The molecular weight excluding hydrogens is 233 g/mol. The summed E-state index contributed by atoms with van der Waals surface area (Å²) in [5.41, 5.74) is 0. The Morgan fingerprint density at radius 3 is 2.39 bits per heavy atom. The highest BCUT2D eigenvalue weighted by Crippen LogP contribution is 2.05. The van der Waals surface area contributed by atoms with Crippen molar-refractivity contribution in [3.05, 3.63) is 24.8 Å². The maximum absolute atomic E-state index is 11.4. The van der Waals surface area contributed by atoms with Gasteiger partial charge in [-0.1, -0.05) is 18.2 Å². The van der Waals surface area contributed by atoms with Crippen molar-refractivity contribution in [1.82, 2.24) is 4.90 Å². The van der Waals surface area contributed by atoms with E-state index in [0.717, 1.165) is 12.8 Å². The zero-order valence-electron chi connectivity index (χ0n) is 10.6. The molecule has 0 bridgehead atoms. The van der Waals surface area contributed by atoms with Gasteiger partial charge in [-0.15, -0.1) is 6.58 Å². The average Bonchev–Trinajstić information content (AvgIpc) is 2.26. The van der Waals surface area contributed by atoms with Gasteiger partial charge in [-0.2, -0.15) is 0 Å². The number of unbranched alkanes of at least 4 members (excludes halogenated alkanes) is 1. The molecule has 18 heavy (non-hydrogen) atoms. The van der Waals surface area contributed by atoms with E-state index in [4.69, 9.17) is 9.31 Å². The summed E-state index contributed by atoms with van der Waals surface area (Å²) in [7, 11) is 0.858. The minimum absolute atomic E-state index is 0.103. The fourth-order valence-corrected chi connectivity index (χ4v) is 1.52. The lowest BCUT2D eigenvalue weighted by molar-refractivity contribution is -0.145. The van der Waals surface area contributed by atoms with Crippen LogP contribution in [0.5, 0.6) is 0 Å². The Bertz CT molecular complexity index is 323. The molecule has 5 nitrogen and oxygen atoms in total. The number of likely N-dealkylation sites (N-methyl/N-ethyl adjacent to an activating group) is 1. The van der Waals surface area contributed by atoms with Gasteiger partial charge in [0.2, 0.25) is 0 Å². The zero-order chi connectivity index (χ0) is 13.4. The Morgan fingerprint density at radius 2 is 1.83 bits per heavy atom. The lowest BCUT2D eigenvalue weighted by Gasteiger charge is -2.21. The minimum Gasteiger partial charge on any atom is -0.498 e. The van der Waals surface area contributed by atoms with Crippen molar-refractivity contribution in [2.75, 3.05) is 20.1 Å². The number of carbonyl (C=O) groups excluding carboxylic acids is 2. The molecule has 0 N–H and O–H groups in total. The number of rotatable bonds is 5. The highest BCUT2D eigenvalue weighted by Gasteiger charge is 2.30. The molecule has 1 fully saturated rings. The first-order chi connectivity index (χ1) is 8.61. The van der Waals surface area contributed by atoms with Crippen molar-refractivity contribution >= 4 is 19.1 Å². The summed E-state index contributed by atoms with van der Waals surface area (Å²) in [5.74, 6) is -0.760. The van der Waals surface area contributed by atoms with Crippen LogP contribution in [0.3, 0.4) is 0 Å². The second kappa shape index (κ2) is 7.71. The van der Waals surface area contributed by atoms with Crippen LogP contribution in [0.2, 0.25) is 6.32 Å². The molecule has 98 valence electrons. The lowest BCUT2D eigenvalue weighted by Crippen LogP contribution is -2.42. The second-order valence-electron chi connectivity index (χ2n) is 4.15. The fourth-order valence-electron chi connectivity index (χ4n) is 1.52. The molecule has 0 aliphatic carbocycles. The minimum atomic E-state index is -0.807. The van der Waals surface area contributed by atoms with Crippen LogP contribution in [-0.2, 0) is 18.9 Å². The largest absolute Gasteiger partial charge is 0.602 e. The number of hydrogen-bond donors (Lipinski definition) is 0. The molecule has 1 saturated heterocycles. The van der Waals surface area contributed by atoms with E-state index in [9.17, 15) is 9.59 Å². The standard InChI is InChI=1S/C12H18BNO4/c1-3-4-5-6-7-8-13-17-11(15)9-14(2)10-12(16)18-13/h3,6-7H,1,4-5,8-10H2,2H3. The van der Waals surface area contributed by atoms with Gasteiger partial charge in [-0.05, 0) is 19.9 Å². The summed E-state index contributed by atoms with van der Waals surface area (Å²) in [5, 5.41) is 0. The van der Waals surface area contributed by atoms with Gasteiger partial charge in [0.15, 0.2) is 0 Å². The molecule has 1 aliphatic rings. The Morgan fingerprint density at radius 1 is 1.22 bits per heavy atom. The van der Waals surface area contributed by atoms with Crippen molar-refractivity contribution in [1.29, 1.82) is 0 Å². The van der Waals surface area contributed by atoms with Crippen molar-refractivity contribution in [2.24, 2.45) is 0 Å². The highest BCUT2D eigenvalue weighted by molar-refractivity contribution is 6.49. The number of nitrogens with zero attached hydrogens (tertiary/aromatic N) is 1. The summed E-state index contributed by atoms with van der Waals surface area (Å²) in [6.45, 7) is 3.83. The van der Waals surface area contributed by atoms with Gasteiger partial charge in [0.1, 0.15) is 0 Å². The Labute approximate surface area is 108 Å². The lowest BCUT2D eigenvalue weighted by atomic mass is 9.84. The molecular formula is C12H18BNO4. The molecule has 0 aromatic carbocycles. The predicted molar refractivity (Wildman–Crippen MR) is 68.8 cm³/mol. The van der Waals surface area contributed by atoms with Crippen molar-refractivity contribution in [2.45, 2.75) is 19.2 Å². The molecule has 0 unspecified atom stereocenters. The van der Waals surface area contributed by atoms with Crippen LogP contribution in [0, 0.1) is 0 Å². The van der Waals surface area contributed by atoms with Crippen LogP contribution in [0.15, 0.2) is 24.8 Å². The van der Waals surface area contributed by atoms with E-state index in [2.05, 4.69) is 6.58 Å². The monoisotopic (exact) mass is 251 g/mol. The first kappa shape index (κ1) is 14.5. The van der Waals surface area contributed by atoms with Crippen LogP contribution in [0.1, 0.15) is 12.8 Å². The molecule has 0 radical (unpaired) electrons. The summed E-state index contributed by atoms with van der Waals surface area (Å²) in [6, 6.07) is 0. The first-order valence-electron chi connectivity index (χ1n) is 5.95. The third kappa shape index (κ3) is 5.68. The predicted octanol–water partition coefficient (Wildman–Crippen LogP) is 1.03. The molecule has 1 aliphatic heterocycles. The van der Waals surface area contributed by atoms with Crippen molar-refractivity contribution in [3.63, 3.8) is 0 Å². The normalized spacial score (nSPS) is 18.2. The van der Waals surface area contributed by atoms with Crippen molar-refractivity contribution in [3.8, 4) is 0 Å². The fraction of sp³-hybridized carbons (Fsp3) is 0.500. The van der Waals surface area contributed by atoms with E-state index >= 15 is 0 Å². The molecule has 6 heteroatoms. The molecule has 1 heterocycles. The molecule has 0 saturated carbocycles. The quantitative estimate of drug-likeness (QED) is 0.415. The van der Waals surface area contributed by atoms with E-state index in [-0.39, 0.29) is 25.0 Å². The summed E-state index contributed by atoms with van der Waals surface area (Å²) < 4.78 is 10.1. The summed E-state index contributed by atoms with van der Waals surface area (Å²) in [6.07, 6.45) is 7.79. The van der Waals surface area contributed by atoms with Crippen LogP contribution in [-0.4, -0.2) is 44.1 Å². The van der Waals surface area contributed by atoms with Gasteiger partial charge in [0, 0.05) is 6.32 Å². The van der Waals surface area contributed by atoms with Crippen molar-refractivity contribution < 1.29 is 18.9 Å². The molecule has 0 aromatic rings. The SMILES string of the molecule is C=CCCC=CCB1OC(=O)CN(C)CC(=O)O1. The molecule has 0 aromatic heterocycles. The highest BCUT2D eigenvalue weighted by atomic mass is 16.6. The maximum atomic E-state index is 11.4. The number of allylic oxidation sites excluding steroid dienone is 3. The number of hydrogen-bond acceptors (Lipinski definition) is 5. The first-order valence-corrected chi connectivity index (χ1v) is 5.95. The van der Waals surface area contributed by atoms with E-state index < -0.39 is 7.12 Å². The third-order valence-corrected chi connectivity index (χ3v) is 2.36. The molecule has 0 amide bonds. The Hall–Kier alpha value is -1.56. The van der Waals surface area contributed by atoms with Gasteiger partial charge in [-0.3, -0.25) is 14.5 Å². The second-order valence-corrected chi connectivity index (χ2v) is 4.15. The average molecular weight is 251 g/mol. The van der Waals surface area contributed by atoms with E-state index in [0.29, 0.717) is 6.32 Å². The van der Waals surface area contributed by atoms with E-state index in [1.54, 1.807) is 11.9 Å². The molecule has 0 spiro atoms. The summed E-state index contributed by atoms with van der Waals surface area (Å²) >= 11 is 0. The van der Waals surface area contributed by atoms with Gasteiger partial charge < -0.3 is 9.31 Å². The third-order valence-electron chi connectivity index (χ3n) is 2.36. The van der Waals surface area contributed by atoms with E-state index in [1.807, 2.05) is 18.2 Å². The van der Waals surface area contributed by atoms with Crippen LogP contribution >= 0.6 is 0 Å². The van der Waals surface area contributed by atoms with Crippen LogP contribution in [0.25, 0.3) is 0 Å². The smallest absolute Gasteiger partial charge is 0.498 e. The van der Waals surface area contributed by atoms with Crippen LogP contribution < -0.4 is 0 Å². The maximum Gasteiger partial charge on any atom is 0.602 e. The van der Waals surface area contributed by atoms with Gasteiger partial charge in [0.05, 0.1) is 13.1 Å². The molecule has 0 atom stereocenters. The van der Waals surface area contributed by atoms with E-state index in [1.165, 1.54) is 0 Å². The van der Waals surface area contributed by atoms with Gasteiger partial charge in [0.25, 0.3) is 0 Å². The Kier molecular flexibility index (Phi) is 6.21. The van der Waals surface area contributed by atoms with Gasteiger partial charge >= 0.3 is 19.1 Å². The zero-order valence-corrected chi connectivity index (χ0v) is 10.6. The van der Waals surface area contributed by atoms with Gasteiger partial charge in [-0.25, -0.2) is 0 Å².